The number of nitrogens with zero attached hydrogens (tertiary/aromatic N) is 2. The van der Waals surface area contributed by atoms with Gasteiger partial charge in [-0.25, -0.2) is 9.07 Å². The molecular weight excluding hydrogens is 423 g/mol. The first-order valence-corrected chi connectivity index (χ1v) is 11.6. The Morgan fingerprint density at radius 1 is 1.24 bits per heavy atom. The summed E-state index contributed by atoms with van der Waals surface area (Å²) in [7, 11) is 1.82. The number of hydrogen-bond donors (Lipinski definition) is 2. The number of halogens is 1. The van der Waals surface area contributed by atoms with Gasteiger partial charge in [-0.2, -0.15) is 5.10 Å². The van der Waals surface area contributed by atoms with Crippen LogP contribution in [0.2, 0.25) is 0 Å². The SMILES string of the molecule is CCc1nn(-c2cc(N)c(C(N)=O)c(F)c2)c2c1C(=O)CC(C)(C)C2.COC1CCCCC1. The Bertz CT molecular complexity index is 1020. The van der Waals surface area contributed by atoms with E-state index in [4.69, 9.17) is 16.2 Å². The van der Waals surface area contributed by atoms with Crippen LogP contribution in [0.4, 0.5) is 10.1 Å². The van der Waals surface area contributed by atoms with Gasteiger partial charge in [0.2, 0.25) is 0 Å². The van der Waals surface area contributed by atoms with Gasteiger partial charge < -0.3 is 16.2 Å². The molecule has 8 heteroatoms. The zero-order valence-electron chi connectivity index (χ0n) is 20.0. The summed E-state index contributed by atoms with van der Waals surface area (Å²) in [5.41, 5.74) is 12.8. The highest BCUT2D eigenvalue weighted by Gasteiger charge is 2.36. The molecule has 0 aliphatic heterocycles. The summed E-state index contributed by atoms with van der Waals surface area (Å²) in [6.45, 7) is 5.95. The maximum absolute atomic E-state index is 14.3. The molecule has 2 aliphatic rings. The molecular formula is C25H35FN4O3. The molecule has 1 aromatic carbocycles. The highest BCUT2D eigenvalue weighted by atomic mass is 19.1. The van der Waals surface area contributed by atoms with Crippen molar-refractivity contribution in [2.45, 2.75) is 78.2 Å². The third-order valence-electron chi connectivity index (χ3n) is 6.43. The van der Waals surface area contributed by atoms with Gasteiger partial charge in [-0.1, -0.05) is 40.0 Å². The van der Waals surface area contributed by atoms with Crippen molar-refractivity contribution < 1.29 is 18.7 Å². The normalized spacial score (nSPS) is 17.8. The Kier molecular flexibility index (Phi) is 7.57. The second-order valence-corrected chi connectivity index (χ2v) is 9.73. The van der Waals surface area contributed by atoms with Crippen molar-refractivity contribution in [2.75, 3.05) is 12.8 Å². The van der Waals surface area contributed by atoms with Gasteiger partial charge in [0.1, 0.15) is 5.82 Å². The van der Waals surface area contributed by atoms with E-state index in [9.17, 15) is 14.0 Å². The van der Waals surface area contributed by atoms with Crippen LogP contribution >= 0.6 is 0 Å². The molecule has 1 saturated carbocycles. The average Bonchev–Trinajstić information content (AvgIpc) is 3.11. The molecule has 2 aromatic rings. The van der Waals surface area contributed by atoms with Crippen molar-refractivity contribution >= 4 is 17.4 Å². The quantitative estimate of drug-likeness (QED) is 0.660. The molecule has 1 amide bonds. The molecule has 4 rings (SSSR count). The number of ether oxygens (including phenoxy) is 1. The molecule has 180 valence electrons. The van der Waals surface area contributed by atoms with Crippen LogP contribution in [0.3, 0.4) is 0 Å². The molecule has 0 saturated heterocycles. The van der Waals surface area contributed by atoms with E-state index in [1.54, 1.807) is 4.68 Å². The first kappa shape index (κ1) is 24.9. The first-order chi connectivity index (χ1) is 15.6. The van der Waals surface area contributed by atoms with Gasteiger partial charge in [0.05, 0.1) is 34.3 Å². The van der Waals surface area contributed by atoms with Crippen LogP contribution in [0.5, 0.6) is 0 Å². The second-order valence-electron chi connectivity index (χ2n) is 9.73. The summed E-state index contributed by atoms with van der Waals surface area (Å²) in [6.07, 6.45) is 9.02. The molecule has 2 aliphatic carbocycles. The van der Waals surface area contributed by atoms with E-state index < -0.39 is 11.7 Å². The zero-order valence-corrected chi connectivity index (χ0v) is 20.0. The van der Waals surface area contributed by atoms with Gasteiger partial charge in [-0.15, -0.1) is 0 Å². The second kappa shape index (κ2) is 10.0. The summed E-state index contributed by atoms with van der Waals surface area (Å²) >= 11 is 0. The zero-order chi connectivity index (χ0) is 24.3. The molecule has 7 nitrogen and oxygen atoms in total. The maximum Gasteiger partial charge on any atom is 0.253 e. The van der Waals surface area contributed by atoms with Crippen molar-refractivity contribution in [3.8, 4) is 5.69 Å². The topological polar surface area (TPSA) is 113 Å². The monoisotopic (exact) mass is 458 g/mol. The summed E-state index contributed by atoms with van der Waals surface area (Å²) in [5.74, 6) is -1.67. The number of primary amides is 1. The van der Waals surface area contributed by atoms with Gasteiger partial charge in [0.15, 0.2) is 5.78 Å². The molecule has 0 radical (unpaired) electrons. The van der Waals surface area contributed by atoms with E-state index in [2.05, 4.69) is 5.10 Å². The number of hydrogen-bond acceptors (Lipinski definition) is 5. The number of aromatic nitrogens is 2. The largest absolute Gasteiger partial charge is 0.398 e. The third-order valence-corrected chi connectivity index (χ3v) is 6.43. The molecule has 1 aromatic heterocycles. The molecule has 4 N–H and O–H groups in total. The van der Waals surface area contributed by atoms with E-state index in [1.807, 2.05) is 27.9 Å². The Balaban J connectivity index is 0.000000323. The molecule has 1 fully saturated rings. The van der Waals surface area contributed by atoms with Crippen LogP contribution in [0.15, 0.2) is 12.1 Å². The standard InChI is InChI=1S/C18H21FN4O2.C7H14O/c1-4-12-16-13(7-18(2,3)8-14(16)24)23(22-12)9-5-10(19)15(17(21)25)11(20)6-9;1-8-7-5-3-2-4-6-7/h5-6H,4,7-8,20H2,1-3H3,(H2,21,25);7H,2-6H2,1H3. The number of anilines is 1. The molecule has 1 heterocycles. The minimum Gasteiger partial charge on any atom is -0.398 e. The predicted octanol–water partition coefficient (Wildman–Crippen LogP) is 4.38. The van der Waals surface area contributed by atoms with Crippen molar-refractivity contribution in [1.82, 2.24) is 9.78 Å². The Morgan fingerprint density at radius 3 is 2.42 bits per heavy atom. The molecule has 0 spiro atoms. The molecule has 0 atom stereocenters. The number of aryl methyl sites for hydroxylation is 1. The summed E-state index contributed by atoms with van der Waals surface area (Å²) < 4.78 is 21.1. The lowest BCUT2D eigenvalue weighted by Crippen LogP contribution is -2.28. The fraction of sp³-hybridized carbons (Fsp3) is 0.560. The highest BCUT2D eigenvalue weighted by molar-refractivity contribution is 6.00. The Morgan fingerprint density at radius 2 is 1.91 bits per heavy atom. The Labute approximate surface area is 194 Å². The van der Waals surface area contributed by atoms with Crippen molar-refractivity contribution in [3.63, 3.8) is 0 Å². The van der Waals surface area contributed by atoms with Crippen molar-refractivity contribution in [3.05, 3.63) is 40.5 Å². The van der Waals surface area contributed by atoms with Crippen molar-refractivity contribution in [2.24, 2.45) is 11.1 Å². The van der Waals surface area contributed by atoms with E-state index in [0.29, 0.717) is 42.3 Å². The number of carbonyl (C=O) groups is 2. The van der Waals surface area contributed by atoms with E-state index >= 15 is 0 Å². The minimum atomic E-state index is -0.922. The van der Waals surface area contributed by atoms with Crippen LogP contribution < -0.4 is 11.5 Å². The number of ketones is 1. The first-order valence-electron chi connectivity index (χ1n) is 11.6. The number of nitrogens with two attached hydrogens (primary N) is 2. The van der Waals surface area contributed by atoms with Crippen LogP contribution in [0.1, 0.15) is 91.4 Å². The lowest BCUT2D eigenvalue weighted by atomic mass is 9.75. The predicted molar refractivity (Wildman–Crippen MR) is 126 cm³/mol. The fourth-order valence-corrected chi connectivity index (χ4v) is 4.78. The molecule has 0 unspecified atom stereocenters. The lowest BCUT2D eigenvalue weighted by Gasteiger charge is -2.29. The molecule has 0 bridgehead atoms. The summed E-state index contributed by atoms with van der Waals surface area (Å²) in [4.78, 5) is 23.9. The lowest BCUT2D eigenvalue weighted by molar-refractivity contribution is 0.0710. The highest BCUT2D eigenvalue weighted by Crippen LogP contribution is 2.37. The fourth-order valence-electron chi connectivity index (χ4n) is 4.78. The van der Waals surface area contributed by atoms with Crippen LogP contribution in [-0.2, 0) is 17.6 Å². The number of benzene rings is 1. The van der Waals surface area contributed by atoms with Gasteiger partial charge in [-0.3, -0.25) is 9.59 Å². The average molecular weight is 459 g/mol. The van der Waals surface area contributed by atoms with Gasteiger partial charge >= 0.3 is 0 Å². The van der Waals surface area contributed by atoms with Crippen molar-refractivity contribution in [1.29, 1.82) is 0 Å². The third kappa shape index (κ3) is 5.43. The molecule has 33 heavy (non-hydrogen) atoms. The van der Waals surface area contributed by atoms with E-state index in [0.717, 1.165) is 5.69 Å². The number of carbonyl (C=O) groups excluding carboxylic acids is 2. The minimum absolute atomic E-state index is 0.0498. The van der Waals surface area contributed by atoms with Gasteiger partial charge in [0.25, 0.3) is 5.91 Å². The number of rotatable bonds is 4. The number of fused-ring (bicyclic) bond motifs is 1. The smallest absolute Gasteiger partial charge is 0.253 e. The van der Waals surface area contributed by atoms with Crippen LogP contribution in [-0.4, -0.2) is 34.7 Å². The Hall–Kier alpha value is -2.74. The van der Waals surface area contributed by atoms with Gasteiger partial charge in [0, 0.05) is 25.3 Å². The van der Waals surface area contributed by atoms with Crippen LogP contribution in [0, 0.1) is 11.2 Å². The van der Waals surface area contributed by atoms with E-state index in [-0.39, 0.29) is 22.4 Å². The number of nitrogen functional groups attached to an aromatic ring is 1. The number of amides is 1. The van der Waals surface area contributed by atoms with Crippen LogP contribution in [0.25, 0.3) is 5.69 Å². The summed E-state index contributed by atoms with van der Waals surface area (Å²) in [6, 6.07) is 2.64. The number of methoxy groups -OCH3 is 1. The van der Waals surface area contributed by atoms with Gasteiger partial charge in [-0.05, 0) is 37.2 Å². The van der Waals surface area contributed by atoms with E-state index in [1.165, 1.54) is 44.2 Å². The number of Topliss-reactive ketones (excluding diaryl/α,β-unsaturated/α-hetero) is 1. The maximum atomic E-state index is 14.3. The summed E-state index contributed by atoms with van der Waals surface area (Å²) in [5, 5.41) is 4.51.